The standard InChI is InChI=1S/C31H36N4O2/c1-23(2)30(36)37-21-20-35(7)29-18-12-26(13-19-29)31(22-32,24-8-14-27(15-9-24)33(3)4)25-10-16-28(17-11-25)34(5)6/h8-19H,1,20-21H2,2-7H3. The van der Waals surface area contributed by atoms with Crippen molar-refractivity contribution < 1.29 is 9.53 Å². The molecule has 0 unspecified atom stereocenters. The second-order valence-corrected chi connectivity index (χ2v) is 9.63. The highest BCUT2D eigenvalue weighted by molar-refractivity contribution is 5.86. The molecule has 0 aromatic heterocycles. The minimum atomic E-state index is -0.982. The fourth-order valence-corrected chi connectivity index (χ4v) is 4.21. The van der Waals surface area contributed by atoms with Crippen LogP contribution >= 0.6 is 0 Å². The Hall–Kier alpha value is -4.24. The number of anilines is 3. The van der Waals surface area contributed by atoms with Crippen LogP contribution in [0.2, 0.25) is 0 Å². The Labute approximate surface area is 221 Å². The Morgan fingerprint density at radius 2 is 1.16 bits per heavy atom. The van der Waals surface area contributed by atoms with Crippen LogP contribution in [0.1, 0.15) is 23.6 Å². The van der Waals surface area contributed by atoms with Crippen LogP contribution in [-0.2, 0) is 14.9 Å². The number of benzene rings is 3. The van der Waals surface area contributed by atoms with Gasteiger partial charge in [-0.3, -0.25) is 0 Å². The lowest BCUT2D eigenvalue weighted by Crippen LogP contribution is -2.28. The number of ether oxygens (including phenoxy) is 1. The highest BCUT2D eigenvalue weighted by Crippen LogP contribution is 2.40. The van der Waals surface area contributed by atoms with E-state index in [-0.39, 0.29) is 12.6 Å². The molecule has 0 aliphatic rings. The van der Waals surface area contributed by atoms with Gasteiger partial charge in [0.15, 0.2) is 0 Å². The molecule has 3 aromatic carbocycles. The number of hydrogen-bond acceptors (Lipinski definition) is 6. The number of esters is 1. The van der Waals surface area contributed by atoms with E-state index in [1.54, 1.807) is 6.92 Å². The second-order valence-electron chi connectivity index (χ2n) is 9.63. The molecule has 6 nitrogen and oxygen atoms in total. The first-order valence-electron chi connectivity index (χ1n) is 12.2. The maximum atomic E-state index is 11.7. The van der Waals surface area contributed by atoms with Gasteiger partial charge in [0.25, 0.3) is 0 Å². The van der Waals surface area contributed by atoms with Crippen LogP contribution in [0.4, 0.5) is 17.1 Å². The average molecular weight is 497 g/mol. The highest BCUT2D eigenvalue weighted by atomic mass is 16.5. The van der Waals surface area contributed by atoms with E-state index in [0.717, 1.165) is 33.8 Å². The first-order chi connectivity index (χ1) is 17.6. The van der Waals surface area contributed by atoms with Gasteiger partial charge in [-0.25, -0.2) is 4.79 Å². The van der Waals surface area contributed by atoms with Crippen LogP contribution in [0.5, 0.6) is 0 Å². The topological polar surface area (TPSA) is 59.8 Å². The summed E-state index contributed by atoms with van der Waals surface area (Å²) in [5, 5.41) is 10.7. The largest absolute Gasteiger partial charge is 0.460 e. The molecule has 0 aliphatic heterocycles. The third-order valence-corrected chi connectivity index (χ3v) is 6.55. The van der Waals surface area contributed by atoms with Gasteiger partial charge in [-0.1, -0.05) is 43.0 Å². The molecule has 0 heterocycles. The number of carbonyl (C=O) groups is 1. The van der Waals surface area contributed by atoms with E-state index in [2.05, 4.69) is 12.6 Å². The summed E-state index contributed by atoms with van der Waals surface area (Å²) in [5.74, 6) is -0.386. The Morgan fingerprint density at radius 3 is 1.49 bits per heavy atom. The number of carbonyl (C=O) groups excluding carboxylic acids is 1. The van der Waals surface area contributed by atoms with Crippen molar-refractivity contribution in [3.05, 3.63) is 102 Å². The summed E-state index contributed by atoms with van der Waals surface area (Å²) < 4.78 is 5.23. The summed E-state index contributed by atoms with van der Waals surface area (Å²) in [4.78, 5) is 17.8. The van der Waals surface area contributed by atoms with E-state index >= 15 is 0 Å². The van der Waals surface area contributed by atoms with Crippen molar-refractivity contribution in [1.82, 2.24) is 0 Å². The molecule has 3 rings (SSSR count). The lowest BCUT2D eigenvalue weighted by atomic mass is 9.70. The summed E-state index contributed by atoms with van der Waals surface area (Å²) in [5.41, 5.74) is 5.22. The monoisotopic (exact) mass is 496 g/mol. The zero-order chi connectivity index (χ0) is 27.2. The molecule has 0 fully saturated rings. The quantitative estimate of drug-likeness (QED) is 0.218. The third-order valence-electron chi connectivity index (χ3n) is 6.55. The van der Waals surface area contributed by atoms with E-state index < -0.39 is 5.41 Å². The molecular weight excluding hydrogens is 460 g/mol. The fraction of sp³-hybridized carbons (Fsp3) is 0.290. The Kier molecular flexibility index (Phi) is 8.62. The van der Waals surface area contributed by atoms with Gasteiger partial charge in [-0.05, 0) is 60.0 Å². The van der Waals surface area contributed by atoms with Gasteiger partial charge in [-0.15, -0.1) is 0 Å². The predicted molar refractivity (Wildman–Crippen MR) is 153 cm³/mol. The van der Waals surface area contributed by atoms with Crippen molar-refractivity contribution in [1.29, 1.82) is 5.26 Å². The van der Waals surface area contributed by atoms with E-state index in [1.165, 1.54) is 0 Å². The van der Waals surface area contributed by atoms with Crippen molar-refractivity contribution in [2.75, 3.05) is 63.1 Å². The molecule has 0 saturated heterocycles. The summed E-state index contributed by atoms with van der Waals surface area (Å²) in [6.07, 6.45) is 0. The smallest absolute Gasteiger partial charge is 0.333 e. The fourth-order valence-electron chi connectivity index (χ4n) is 4.21. The lowest BCUT2D eigenvalue weighted by Gasteiger charge is -2.30. The number of nitrogens with zero attached hydrogens (tertiary/aromatic N) is 4. The molecule has 0 atom stereocenters. The summed E-state index contributed by atoms with van der Waals surface area (Å²) in [6, 6.07) is 27.0. The highest BCUT2D eigenvalue weighted by Gasteiger charge is 2.37. The zero-order valence-corrected chi connectivity index (χ0v) is 22.7. The molecule has 0 saturated carbocycles. The molecule has 3 aromatic rings. The van der Waals surface area contributed by atoms with E-state index in [1.807, 2.05) is 123 Å². The molecular formula is C31H36N4O2. The van der Waals surface area contributed by atoms with Crippen molar-refractivity contribution in [3.8, 4) is 6.07 Å². The zero-order valence-electron chi connectivity index (χ0n) is 22.7. The molecule has 0 bridgehead atoms. The molecule has 0 amide bonds. The Bertz CT molecular complexity index is 1200. The molecule has 0 spiro atoms. The molecule has 0 N–H and O–H groups in total. The Morgan fingerprint density at radius 1 is 0.784 bits per heavy atom. The minimum Gasteiger partial charge on any atom is -0.460 e. The van der Waals surface area contributed by atoms with Gasteiger partial charge in [0, 0.05) is 57.9 Å². The third kappa shape index (κ3) is 5.95. The van der Waals surface area contributed by atoms with Crippen molar-refractivity contribution in [2.45, 2.75) is 12.3 Å². The number of likely N-dealkylation sites (N-methyl/N-ethyl adjacent to an activating group) is 1. The van der Waals surface area contributed by atoms with Crippen molar-refractivity contribution >= 4 is 23.0 Å². The predicted octanol–water partition coefficient (Wildman–Crippen LogP) is 5.23. The first-order valence-corrected chi connectivity index (χ1v) is 12.2. The van der Waals surface area contributed by atoms with Gasteiger partial charge in [-0.2, -0.15) is 5.26 Å². The van der Waals surface area contributed by atoms with Crippen LogP contribution in [0, 0.1) is 11.3 Å². The van der Waals surface area contributed by atoms with E-state index in [0.29, 0.717) is 12.1 Å². The molecule has 0 radical (unpaired) electrons. The van der Waals surface area contributed by atoms with Crippen LogP contribution in [0.25, 0.3) is 0 Å². The van der Waals surface area contributed by atoms with Crippen LogP contribution in [0.15, 0.2) is 84.9 Å². The number of rotatable bonds is 10. The van der Waals surface area contributed by atoms with Gasteiger partial charge < -0.3 is 19.4 Å². The van der Waals surface area contributed by atoms with Crippen LogP contribution in [0.3, 0.4) is 0 Å². The van der Waals surface area contributed by atoms with E-state index in [4.69, 9.17) is 4.74 Å². The summed E-state index contributed by atoms with van der Waals surface area (Å²) in [6.45, 7) is 6.05. The molecule has 37 heavy (non-hydrogen) atoms. The first kappa shape index (κ1) is 27.3. The number of hydrogen-bond donors (Lipinski definition) is 0. The average Bonchev–Trinajstić information content (AvgIpc) is 2.90. The van der Waals surface area contributed by atoms with Gasteiger partial charge in [0.05, 0.1) is 12.6 Å². The normalized spacial score (nSPS) is 10.8. The van der Waals surface area contributed by atoms with Gasteiger partial charge >= 0.3 is 5.97 Å². The lowest BCUT2D eigenvalue weighted by molar-refractivity contribution is -0.138. The summed E-state index contributed by atoms with van der Waals surface area (Å²) in [7, 11) is 9.95. The Balaban J connectivity index is 1.99. The van der Waals surface area contributed by atoms with Crippen LogP contribution in [-0.4, -0.2) is 54.4 Å². The van der Waals surface area contributed by atoms with Gasteiger partial charge in [0.2, 0.25) is 0 Å². The minimum absolute atomic E-state index is 0.266. The number of nitriles is 1. The van der Waals surface area contributed by atoms with Gasteiger partial charge in [0.1, 0.15) is 12.0 Å². The molecule has 6 heteroatoms. The van der Waals surface area contributed by atoms with Crippen molar-refractivity contribution in [2.24, 2.45) is 0 Å². The molecule has 192 valence electrons. The molecule has 0 aliphatic carbocycles. The van der Waals surface area contributed by atoms with Crippen molar-refractivity contribution in [3.63, 3.8) is 0 Å². The second kappa shape index (κ2) is 11.7. The maximum Gasteiger partial charge on any atom is 0.333 e. The van der Waals surface area contributed by atoms with Crippen LogP contribution < -0.4 is 14.7 Å². The summed E-state index contributed by atoms with van der Waals surface area (Å²) >= 11 is 0. The maximum absolute atomic E-state index is 11.7. The van der Waals surface area contributed by atoms with E-state index in [9.17, 15) is 10.1 Å². The SMILES string of the molecule is C=C(C)C(=O)OCCN(C)c1ccc(C(C#N)(c2ccc(N(C)C)cc2)c2ccc(N(C)C)cc2)cc1.